The summed E-state index contributed by atoms with van der Waals surface area (Å²) in [4.78, 5) is 24.9. The van der Waals surface area contributed by atoms with Gasteiger partial charge in [-0.15, -0.1) is 0 Å². The van der Waals surface area contributed by atoms with Crippen LogP contribution in [0, 0.1) is 5.92 Å². The first-order valence-corrected chi connectivity index (χ1v) is 6.69. The molecule has 0 bridgehead atoms. The van der Waals surface area contributed by atoms with Crippen LogP contribution in [0.1, 0.15) is 22.3 Å². The number of aromatic carboxylic acids is 1. The molecule has 0 aliphatic carbocycles. The Bertz CT molecular complexity index is 500. The Morgan fingerprint density at radius 1 is 1.45 bits per heavy atom. The van der Waals surface area contributed by atoms with Crippen molar-refractivity contribution in [3.05, 3.63) is 35.4 Å². The fraction of sp³-hybridized carbons (Fsp3) is 0.467. The smallest absolute Gasteiger partial charge is 0.335 e. The predicted molar refractivity (Wildman–Crippen MR) is 73.7 cm³/mol. The van der Waals surface area contributed by atoms with E-state index >= 15 is 0 Å². The molecule has 2 rings (SSSR count). The molecule has 1 N–H and O–H groups in total. The number of methoxy groups -OCH3 is 1. The minimum absolute atomic E-state index is 0.0474. The lowest BCUT2D eigenvalue weighted by atomic mass is 10.1. The second-order valence-electron chi connectivity index (χ2n) is 5.13. The molecule has 108 valence electrons. The summed E-state index contributed by atoms with van der Waals surface area (Å²) >= 11 is 0. The van der Waals surface area contributed by atoms with Crippen LogP contribution in [0.5, 0.6) is 0 Å². The Hall–Kier alpha value is -1.88. The average Bonchev–Trinajstić information content (AvgIpc) is 2.88. The number of hydrogen-bond donors (Lipinski definition) is 1. The molecule has 1 saturated heterocycles. The van der Waals surface area contributed by atoms with Crippen LogP contribution >= 0.6 is 0 Å². The summed E-state index contributed by atoms with van der Waals surface area (Å²) in [6, 6.07) is 6.54. The molecular weight excluding hydrogens is 258 g/mol. The summed E-state index contributed by atoms with van der Waals surface area (Å²) in [6.07, 6.45) is 1.22. The summed E-state index contributed by atoms with van der Waals surface area (Å²) in [5, 5.41) is 8.94. The third-order valence-corrected chi connectivity index (χ3v) is 3.57. The quantitative estimate of drug-likeness (QED) is 0.884. The molecule has 5 heteroatoms. The van der Waals surface area contributed by atoms with Crippen molar-refractivity contribution in [2.24, 2.45) is 5.92 Å². The average molecular weight is 277 g/mol. The molecule has 1 aliphatic heterocycles. The van der Waals surface area contributed by atoms with Crippen molar-refractivity contribution in [2.45, 2.75) is 12.8 Å². The van der Waals surface area contributed by atoms with Gasteiger partial charge in [-0.05, 0) is 24.1 Å². The number of carbonyl (C=O) groups excluding carboxylic acids is 1. The zero-order valence-electron chi connectivity index (χ0n) is 11.5. The molecule has 0 radical (unpaired) electrons. The summed E-state index contributed by atoms with van der Waals surface area (Å²) in [5.41, 5.74) is 0.957. The fourth-order valence-electron chi connectivity index (χ4n) is 2.53. The highest BCUT2D eigenvalue weighted by atomic mass is 16.5. The number of rotatable bonds is 5. The van der Waals surface area contributed by atoms with Gasteiger partial charge in [0, 0.05) is 26.1 Å². The molecule has 0 spiro atoms. The monoisotopic (exact) mass is 277 g/mol. The zero-order chi connectivity index (χ0) is 14.5. The molecule has 1 amide bonds. The van der Waals surface area contributed by atoms with Gasteiger partial charge in [0.1, 0.15) is 0 Å². The number of ether oxygens (including phenoxy) is 1. The Morgan fingerprint density at radius 2 is 2.25 bits per heavy atom. The number of likely N-dealkylation sites (tertiary alicyclic amines) is 1. The van der Waals surface area contributed by atoms with Gasteiger partial charge < -0.3 is 14.7 Å². The van der Waals surface area contributed by atoms with Gasteiger partial charge in [-0.25, -0.2) is 4.79 Å². The van der Waals surface area contributed by atoms with Gasteiger partial charge in [0.05, 0.1) is 18.6 Å². The van der Waals surface area contributed by atoms with Crippen LogP contribution in [0.2, 0.25) is 0 Å². The maximum Gasteiger partial charge on any atom is 0.335 e. The molecule has 0 aromatic heterocycles. The number of carbonyl (C=O) groups is 2. The number of carboxylic acid groups (broad SMARTS) is 1. The van der Waals surface area contributed by atoms with Crippen molar-refractivity contribution in [3.63, 3.8) is 0 Å². The third kappa shape index (κ3) is 3.57. The SMILES string of the molecule is COCC1CCN(C(=O)Cc2cccc(C(=O)O)c2)C1. The minimum atomic E-state index is -0.972. The number of amides is 1. The molecule has 1 unspecified atom stereocenters. The van der Waals surface area contributed by atoms with Gasteiger partial charge in [-0.2, -0.15) is 0 Å². The van der Waals surface area contributed by atoms with E-state index in [9.17, 15) is 9.59 Å². The van der Waals surface area contributed by atoms with Crippen molar-refractivity contribution < 1.29 is 19.4 Å². The van der Waals surface area contributed by atoms with E-state index in [0.29, 0.717) is 12.5 Å². The summed E-state index contributed by atoms with van der Waals surface area (Å²) in [5.74, 6) is -0.513. The van der Waals surface area contributed by atoms with E-state index in [0.717, 1.165) is 25.1 Å². The Balaban J connectivity index is 1.95. The Labute approximate surface area is 118 Å². The van der Waals surface area contributed by atoms with Gasteiger partial charge in [-0.1, -0.05) is 12.1 Å². The predicted octanol–water partition coefficient (Wildman–Crippen LogP) is 1.42. The number of nitrogens with zero attached hydrogens (tertiary/aromatic N) is 1. The molecule has 20 heavy (non-hydrogen) atoms. The Morgan fingerprint density at radius 3 is 2.95 bits per heavy atom. The third-order valence-electron chi connectivity index (χ3n) is 3.57. The number of carboxylic acids is 1. The van der Waals surface area contributed by atoms with Gasteiger partial charge in [0.2, 0.25) is 5.91 Å². The molecule has 1 fully saturated rings. The minimum Gasteiger partial charge on any atom is -0.478 e. The van der Waals surface area contributed by atoms with E-state index in [1.165, 1.54) is 6.07 Å². The van der Waals surface area contributed by atoms with Gasteiger partial charge in [-0.3, -0.25) is 4.79 Å². The van der Waals surface area contributed by atoms with Gasteiger partial charge >= 0.3 is 5.97 Å². The molecule has 1 atom stereocenters. The van der Waals surface area contributed by atoms with Crippen molar-refractivity contribution in [1.29, 1.82) is 0 Å². The van der Waals surface area contributed by atoms with Crippen LogP contribution in [0.3, 0.4) is 0 Å². The number of hydrogen-bond acceptors (Lipinski definition) is 3. The normalized spacial score (nSPS) is 18.2. The van der Waals surface area contributed by atoms with Gasteiger partial charge in [0.15, 0.2) is 0 Å². The lowest BCUT2D eigenvalue weighted by Gasteiger charge is -2.16. The Kier molecular flexibility index (Phi) is 4.74. The van der Waals surface area contributed by atoms with E-state index in [2.05, 4.69) is 0 Å². The van der Waals surface area contributed by atoms with E-state index in [4.69, 9.17) is 9.84 Å². The van der Waals surface area contributed by atoms with Crippen LogP contribution in [0.4, 0.5) is 0 Å². The second-order valence-corrected chi connectivity index (χ2v) is 5.13. The highest BCUT2D eigenvalue weighted by Gasteiger charge is 2.26. The molecule has 1 heterocycles. The molecule has 0 saturated carbocycles. The van der Waals surface area contributed by atoms with Crippen LogP contribution in [0.15, 0.2) is 24.3 Å². The molecule has 1 aromatic carbocycles. The van der Waals surface area contributed by atoms with Crippen molar-refractivity contribution in [1.82, 2.24) is 4.90 Å². The zero-order valence-corrected chi connectivity index (χ0v) is 11.5. The van der Waals surface area contributed by atoms with Crippen LogP contribution in [-0.4, -0.2) is 48.7 Å². The lowest BCUT2D eigenvalue weighted by Crippen LogP contribution is -2.30. The standard InChI is InChI=1S/C15H19NO4/c1-20-10-12-5-6-16(9-12)14(17)8-11-3-2-4-13(7-11)15(18)19/h2-4,7,12H,5-6,8-10H2,1H3,(H,18,19). The number of benzene rings is 1. The first kappa shape index (κ1) is 14.5. The van der Waals surface area contributed by atoms with Crippen LogP contribution < -0.4 is 0 Å². The highest BCUT2D eigenvalue weighted by molar-refractivity contribution is 5.88. The first-order valence-electron chi connectivity index (χ1n) is 6.69. The fourth-order valence-corrected chi connectivity index (χ4v) is 2.53. The van der Waals surface area contributed by atoms with Crippen molar-refractivity contribution in [2.75, 3.05) is 26.8 Å². The first-order chi connectivity index (χ1) is 9.60. The topological polar surface area (TPSA) is 66.8 Å². The van der Waals surface area contributed by atoms with Crippen molar-refractivity contribution >= 4 is 11.9 Å². The highest BCUT2D eigenvalue weighted by Crippen LogP contribution is 2.18. The molecule has 1 aromatic rings. The maximum absolute atomic E-state index is 12.2. The van der Waals surface area contributed by atoms with E-state index in [-0.39, 0.29) is 17.9 Å². The summed E-state index contributed by atoms with van der Waals surface area (Å²) in [6.45, 7) is 2.16. The molecule has 1 aliphatic rings. The largest absolute Gasteiger partial charge is 0.478 e. The second kappa shape index (κ2) is 6.52. The summed E-state index contributed by atoms with van der Waals surface area (Å²) in [7, 11) is 1.67. The molecular formula is C15H19NO4. The summed E-state index contributed by atoms with van der Waals surface area (Å²) < 4.78 is 5.11. The van der Waals surface area contributed by atoms with Crippen LogP contribution in [-0.2, 0) is 16.0 Å². The van der Waals surface area contributed by atoms with E-state index < -0.39 is 5.97 Å². The van der Waals surface area contributed by atoms with Gasteiger partial charge in [0.25, 0.3) is 0 Å². The van der Waals surface area contributed by atoms with E-state index in [1.54, 1.807) is 25.3 Å². The lowest BCUT2D eigenvalue weighted by molar-refractivity contribution is -0.129. The maximum atomic E-state index is 12.2. The molecule has 5 nitrogen and oxygen atoms in total. The van der Waals surface area contributed by atoms with E-state index in [1.807, 2.05) is 4.90 Å². The van der Waals surface area contributed by atoms with Crippen LogP contribution in [0.25, 0.3) is 0 Å². The van der Waals surface area contributed by atoms with Crippen molar-refractivity contribution in [3.8, 4) is 0 Å².